The van der Waals surface area contributed by atoms with Crippen LogP contribution in [0, 0.1) is 5.82 Å². The van der Waals surface area contributed by atoms with Crippen LogP contribution in [0.4, 0.5) is 10.1 Å². The van der Waals surface area contributed by atoms with Crippen LogP contribution in [0.3, 0.4) is 0 Å². The molecule has 1 fully saturated rings. The van der Waals surface area contributed by atoms with Gasteiger partial charge in [0, 0.05) is 29.6 Å². The van der Waals surface area contributed by atoms with Crippen molar-refractivity contribution >= 4 is 5.69 Å². The zero-order valence-electron chi connectivity index (χ0n) is 13.3. The van der Waals surface area contributed by atoms with Gasteiger partial charge in [-0.15, -0.1) is 0 Å². The summed E-state index contributed by atoms with van der Waals surface area (Å²) in [7, 11) is 0. The summed E-state index contributed by atoms with van der Waals surface area (Å²) >= 11 is 0. The van der Waals surface area contributed by atoms with Crippen LogP contribution in [0.1, 0.15) is 0 Å². The molecule has 1 aromatic carbocycles. The van der Waals surface area contributed by atoms with E-state index in [1.165, 1.54) is 17.1 Å². The van der Waals surface area contributed by atoms with Gasteiger partial charge in [-0.3, -0.25) is 0 Å². The maximum absolute atomic E-state index is 14.6. The van der Waals surface area contributed by atoms with E-state index in [9.17, 15) is 4.39 Å². The van der Waals surface area contributed by atoms with Crippen molar-refractivity contribution in [1.82, 2.24) is 19.7 Å². The molecule has 1 aliphatic rings. The molecule has 1 N–H and O–H groups in total. The third-order valence-corrected chi connectivity index (χ3v) is 4.12. The number of aliphatic hydroxyl groups excluding tert-OH is 1. The fourth-order valence-corrected chi connectivity index (χ4v) is 2.78. The van der Waals surface area contributed by atoms with Crippen molar-refractivity contribution in [1.29, 1.82) is 0 Å². The molecule has 7 nitrogen and oxygen atoms in total. The molecule has 0 radical (unpaired) electrons. The van der Waals surface area contributed by atoms with Gasteiger partial charge in [0.1, 0.15) is 31.3 Å². The lowest BCUT2D eigenvalue weighted by molar-refractivity contribution is 0.0645. The molecule has 0 amide bonds. The molecule has 4 rings (SSSR count). The van der Waals surface area contributed by atoms with Gasteiger partial charge in [0.25, 0.3) is 0 Å². The molecule has 25 heavy (non-hydrogen) atoms. The van der Waals surface area contributed by atoms with E-state index in [-0.39, 0.29) is 18.5 Å². The minimum absolute atomic E-state index is 0.0408. The van der Waals surface area contributed by atoms with E-state index in [0.717, 1.165) is 5.69 Å². The second-order valence-electron chi connectivity index (χ2n) is 5.73. The van der Waals surface area contributed by atoms with Crippen LogP contribution in [0.15, 0.2) is 49.2 Å². The van der Waals surface area contributed by atoms with Crippen LogP contribution in [0.25, 0.3) is 16.9 Å². The number of benzene rings is 1. The topological polar surface area (TPSA) is 76.3 Å². The second-order valence-corrected chi connectivity index (χ2v) is 5.73. The molecule has 0 saturated carbocycles. The van der Waals surface area contributed by atoms with Crippen molar-refractivity contribution in [2.45, 2.75) is 6.10 Å². The van der Waals surface area contributed by atoms with Crippen molar-refractivity contribution in [3.8, 4) is 16.9 Å². The number of hydrogen-bond donors (Lipinski definition) is 1. The first-order valence-corrected chi connectivity index (χ1v) is 7.83. The first kappa shape index (κ1) is 15.7. The zero-order valence-corrected chi connectivity index (χ0v) is 13.3. The highest BCUT2D eigenvalue weighted by Gasteiger charge is 2.23. The highest BCUT2D eigenvalue weighted by atomic mass is 19.1. The number of anilines is 1. The van der Waals surface area contributed by atoms with Crippen LogP contribution >= 0.6 is 0 Å². The summed E-state index contributed by atoms with van der Waals surface area (Å²) in [5, 5.41) is 13.1. The standard InChI is InChI=1S/C17H16FN5O2/c18-16-5-13(22-7-14(8-24)25-11-22)2-3-15(16)12-1-4-17(20-6-12)23-10-19-9-21-23/h1-6,9-10,14,24H,7-8,11H2/t14-/m1/s1. The third-order valence-electron chi connectivity index (χ3n) is 4.12. The molecule has 3 heterocycles. The van der Waals surface area contributed by atoms with E-state index in [2.05, 4.69) is 15.1 Å². The maximum atomic E-state index is 14.6. The molecule has 1 saturated heterocycles. The van der Waals surface area contributed by atoms with Crippen LogP contribution in [0.5, 0.6) is 0 Å². The molecule has 0 spiro atoms. The number of rotatable bonds is 4. The lowest BCUT2D eigenvalue weighted by Crippen LogP contribution is -2.23. The summed E-state index contributed by atoms with van der Waals surface area (Å²) in [6, 6.07) is 8.60. The van der Waals surface area contributed by atoms with Gasteiger partial charge in [-0.2, -0.15) is 5.10 Å². The average molecular weight is 341 g/mol. The van der Waals surface area contributed by atoms with Gasteiger partial charge in [-0.25, -0.2) is 19.0 Å². The minimum Gasteiger partial charge on any atom is -0.394 e. The molecule has 3 aromatic rings. The number of hydrogen-bond acceptors (Lipinski definition) is 6. The number of nitrogens with zero attached hydrogens (tertiary/aromatic N) is 5. The Kier molecular flexibility index (Phi) is 4.12. The summed E-state index contributed by atoms with van der Waals surface area (Å²) < 4.78 is 21.5. The Hall–Kier alpha value is -2.84. The SMILES string of the molecule is OC[C@H]1CN(c2ccc(-c3ccc(-n4cncn4)nc3)c(F)c2)CO1. The first-order chi connectivity index (χ1) is 12.2. The predicted octanol–water partition coefficient (Wildman–Crippen LogP) is 1.62. The predicted molar refractivity (Wildman–Crippen MR) is 88.7 cm³/mol. The second kappa shape index (κ2) is 6.58. The van der Waals surface area contributed by atoms with Gasteiger partial charge >= 0.3 is 0 Å². The number of ether oxygens (including phenoxy) is 1. The molecule has 1 atom stereocenters. The molecule has 8 heteroatoms. The largest absolute Gasteiger partial charge is 0.394 e. The summed E-state index contributed by atoms with van der Waals surface area (Å²) in [6.45, 7) is 0.850. The lowest BCUT2D eigenvalue weighted by atomic mass is 10.1. The fourth-order valence-electron chi connectivity index (χ4n) is 2.78. The monoisotopic (exact) mass is 341 g/mol. The summed E-state index contributed by atoms with van der Waals surface area (Å²) in [5.74, 6) is 0.280. The first-order valence-electron chi connectivity index (χ1n) is 7.83. The average Bonchev–Trinajstić information content (AvgIpc) is 3.34. The van der Waals surface area contributed by atoms with Gasteiger partial charge in [0.05, 0.1) is 6.61 Å². The number of halogens is 1. The quantitative estimate of drug-likeness (QED) is 0.777. The fraction of sp³-hybridized carbons (Fsp3) is 0.235. The zero-order chi connectivity index (χ0) is 17.2. The third kappa shape index (κ3) is 3.09. The van der Waals surface area contributed by atoms with Crippen molar-refractivity contribution in [2.24, 2.45) is 0 Å². The Morgan fingerprint density at radius 1 is 1.28 bits per heavy atom. The van der Waals surface area contributed by atoms with Crippen molar-refractivity contribution in [2.75, 3.05) is 24.8 Å². The number of aromatic nitrogens is 4. The Morgan fingerprint density at radius 3 is 2.84 bits per heavy atom. The summed E-state index contributed by atoms with van der Waals surface area (Å²) in [4.78, 5) is 10.1. The van der Waals surface area contributed by atoms with Crippen LogP contribution in [0.2, 0.25) is 0 Å². The number of aliphatic hydroxyl groups is 1. The molecular weight excluding hydrogens is 325 g/mol. The van der Waals surface area contributed by atoms with Gasteiger partial charge < -0.3 is 14.7 Å². The number of pyridine rings is 1. The van der Waals surface area contributed by atoms with Crippen molar-refractivity contribution in [3.63, 3.8) is 0 Å². The molecule has 2 aromatic heterocycles. The Morgan fingerprint density at radius 2 is 2.20 bits per heavy atom. The highest BCUT2D eigenvalue weighted by Crippen LogP contribution is 2.28. The van der Waals surface area contributed by atoms with Gasteiger partial charge in [-0.05, 0) is 30.3 Å². The maximum Gasteiger partial charge on any atom is 0.155 e. The Balaban J connectivity index is 1.57. The normalized spacial score (nSPS) is 17.2. The van der Waals surface area contributed by atoms with Gasteiger partial charge in [0.15, 0.2) is 5.82 Å². The Bertz CT molecular complexity index is 854. The van der Waals surface area contributed by atoms with E-state index < -0.39 is 0 Å². The van der Waals surface area contributed by atoms with Crippen molar-refractivity contribution < 1.29 is 14.2 Å². The van der Waals surface area contributed by atoms with E-state index in [1.54, 1.807) is 30.7 Å². The molecule has 0 bridgehead atoms. The highest BCUT2D eigenvalue weighted by molar-refractivity contribution is 5.67. The van der Waals surface area contributed by atoms with E-state index in [0.29, 0.717) is 30.2 Å². The molecule has 0 unspecified atom stereocenters. The van der Waals surface area contributed by atoms with E-state index in [4.69, 9.17) is 9.84 Å². The van der Waals surface area contributed by atoms with E-state index in [1.807, 2.05) is 11.0 Å². The lowest BCUT2D eigenvalue weighted by Gasteiger charge is -2.17. The molecular formula is C17H16FN5O2. The van der Waals surface area contributed by atoms with E-state index >= 15 is 0 Å². The Labute approximate surface area is 143 Å². The molecule has 1 aliphatic heterocycles. The minimum atomic E-state index is -0.333. The van der Waals surface area contributed by atoms with Gasteiger partial charge in [-0.1, -0.05) is 0 Å². The van der Waals surface area contributed by atoms with Crippen molar-refractivity contribution in [3.05, 3.63) is 55.0 Å². The smallest absolute Gasteiger partial charge is 0.155 e. The summed E-state index contributed by atoms with van der Waals surface area (Å²) in [6.07, 6.45) is 4.36. The molecule has 128 valence electrons. The van der Waals surface area contributed by atoms with Gasteiger partial charge in [0.2, 0.25) is 0 Å². The summed E-state index contributed by atoms with van der Waals surface area (Å²) in [5.41, 5.74) is 1.88. The van der Waals surface area contributed by atoms with Crippen LogP contribution < -0.4 is 4.90 Å². The van der Waals surface area contributed by atoms with Crippen LogP contribution in [-0.4, -0.2) is 50.8 Å². The molecule has 0 aliphatic carbocycles. The van der Waals surface area contributed by atoms with Crippen LogP contribution in [-0.2, 0) is 4.74 Å².